The molecular weight excluding hydrogens is 368 g/mol. The molecule has 0 saturated heterocycles. The second kappa shape index (κ2) is 8.91. The summed E-state index contributed by atoms with van der Waals surface area (Å²) in [6.07, 6.45) is 5.23. The van der Waals surface area contributed by atoms with Crippen LogP contribution in [0, 0.1) is 0 Å². The topological polar surface area (TPSA) is 141 Å². The Hall–Kier alpha value is -3.13. The van der Waals surface area contributed by atoms with E-state index >= 15 is 0 Å². The first-order valence-electron chi connectivity index (χ1n) is 9.60. The van der Waals surface area contributed by atoms with Gasteiger partial charge in [-0.2, -0.15) is 0 Å². The van der Waals surface area contributed by atoms with Crippen molar-refractivity contribution >= 4 is 28.5 Å². The van der Waals surface area contributed by atoms with E-state index in [1.165, 1.54) is 12.7 Å². The number of nitrogens with zero attached hydrogens (tertiary/aromatic N) is 3. The molecule has 156 valence electrons. The molecule has 0 radical (unpaired) electrons. The fraction of sp³-hybridized carbons (Fsp3) is 0.381. The molecule has 29 heavy (non-hydrogen) atoms. The van der Waals surface area contributed by atoms with E-state index in [4.69, 9.17) is 5.73 Å². The second-order valence-electron chi connectivity index (χ2n) is 7.32. The normalized spacial score (nSPS) is 14.6. The predicted molar refractivity (Wildman–Crippen MR) is 117 cm³/mol. The van der Waals surface area contributed by atoms with E-state index in [0.29, 0.717) is 12.2 Å². The highest BCUT2D eigenvalue weighted by Crippen LogP contribution is 2.37. The highest BCUT2D eigenvalue weighted by Gasteiger charge is 2.27. The lowest BCUT2D eigenvalue weighted by molar-refractivity contribution is -0.137. The van der Waals surface area contributed by atoms with Gasteiger partial charge in [0.25, 0.3) is 0 Å². The van der Waals surface area contributed by atoms with Gasteiger partial charge in [-0.15, -0.1) is 0 Å². The number of rotatable bonds is 3. The van der Waals surface area contributed by atoms with Gasteiger partial charge in [-0.1, -0.05) is 26.3 Å². The quantitative estimate of drug-likeness (QED) is 0.516. The van der Waals surface area contributed by atoms with Gasteiger partial charge in [0.05, 0.1) is 5.39 Å². The standard InChI is InChI=1S/C18H19N5O2.C3H8.H3N/c1-9(2)23-7-12(15-16(19)20-8-21-17(15)23)10-3-4-13-11(5-10)6-14(22-13)18(24)25;1-3-2;/h3-5,7-9,14,22H,6H2,1-2H3,(H,24,25)(H2,19,20,21);3H2,1-2H3;1H3. The van der Waals surface area contributed by atoms with Gasteiger partial charge in [-0.25, -0.2) is 14.8 Å². The van der Waals surface area contributed by atoms with E-state index in [1.54, 1.807) is 0 Å². The molecule has 0 fully saturated rings. The average molecular weight is 399 g/mol. The number of carboxylic acids is 1. The summed E-state index contributed by atoms with van der Waals surface area (Å²) in [5, 5.41) is 13.1. The van der Waals surface area contributed by atoms with Gasteiger partial charge in [-0.05, 0) is 37.1 Å². The SMILES string of the molecule is CC(C)n1cc(-c2ccc3c(c2)CC(C(=O)O)N3)c2c(N)ncnc21.CCC.N. The third-order valence-corrected chi connectivity index (χ3v) is 4.66. The molecule has 3 aromatic rings. The van der Waals surface area contributed by atoms with Gasteiger partial charge in [0.2, 0.25) is 0 Å². The largest absolute Gasteiger partial charge is 0.480 e. The summed E-state index contributed by atoms with van der Waals surface area (Å²) in [7, 11) is 0. The van der Waals surface area contributed by atoms with Crippen molar-refractivity contribution in [3.05, 3.63) is 36.3 Å². The molecule has 8 nitrogen and oxygen atoms in total. The van der Waals surface area contributed by atoms with Crippen molar-refractivity contribution in [2.24, 2.45) is 0 Å². The van der Waals surface area contributed by atoms with Crippen molar-refractivity contribution in [3.63, 3.8) is 0 Å². The summed E-state index contributed by atoms with van der Waals surface area (Å²) in [5.74, 6) is -0.395. The number of fused-ring (bicyclic) bond motifs is 2. The smallest absolute Gasteiger partial charge is 0.326 e. The number of hydrogen-bond donors (Lipinski definition) is 4. The molecule has 0 saturated carbocycles. The Balaban J connectivity index is 0.000000708. The zero-order valence-corrected chi connectivity index (χ0v) is 17.4. The Morgan fingerprint density at radius 1 is 1.34 bits per heavy atom. The molecule has 1 atom stereocenters. The van der Waals surface area contributed by atoms with Crippen molar-refractivity contribution in [2.75, 3.05) is 11.1 Å². The zero-order chi connectivity index (χ0) is 20.4. The fourth-order valence-corrected chi connectivity index (χ4v) is 3.40. The first-order valence-corrected chi connectivity index (χ1v) is 9.60. The van der Waals surface area contributed by atoms with Crippen molar-refractivity contribution in [1.82, 2.24) is 20.7 Å². The number of nitrogens with two attached hydrogens (primary N) is 1. The van der Waals surface area contributed by atoms with Crippen LogP contribution in [0.5, 0.6) is 0 Å². The molecule has 0 bridgehead atoms. The molecule has 8 heteroatoms. The number of benzene rings is 1. The molecule has 1 aromatic carbocycles. The summed E-state index contributed by atoms with van der Waals surface area (Å²) in [6, 6.07) is 5.58. The molecule has 2 aromatic heterocycles. The van der Waals surface area contributed by atoms with Crippen LogP contribution in [0.15, 0.2) is 30.7 Å². The molecule has 3 heterocycles. The van der Waals surface area contributed by atoms with Crippen LogP contribution in [0.25, 0.3) is 22.2 Å². The van der Waals surface area contributed by atoms with Crippen LogP contribution in [0.2, 0.25) is 0 Å². The molecule has 0 spiro atoms. The van der Waals surface area contributed by atoms with Crippen LogP contribution in [0.4, 0.5) is 11.5 Å². The molecule has 1 unspecified atom stereocenters. The van der Waals surface area contributed by atoms with Gasteiger partial charge < -0.3 is 26.9 Å². The van der Waals surface area contributed by atoms with Crippen LogP contribution >= 0.6 is 0 Å². The first kappa shape index (κ1) is 22.2. The first-order chi connectivity index (χ1) is 13.4. The van der Waals surface area contributed by atoms with E-state index < -0.39 is 12.0 Å². The number of nitrogen functional groups attached to an aromatic ring is 1. The van der Waals surface area contributed by atoms with Gasteiger partial charge in [-0.3, -0.25) is 0 Å². The minimum atomic E-state index is -0.841. The third kappa shape index (κ3) is 4.17. The predicted octanol–water partition coefficient (Wildman–Crippen LogP) is 4.26. The Labute approximate surface area is 170 Å². The monoisotopic (exact) mass is 398 g/mol. The van der Waals surface area contributed by atoms with E-state index in [0.717, 1.165) is 33.4 Å². The Bertz CT molecular complexity index is 1010. The van der Waals surface area contributed by atoms with E-state index in [2.05, 4.69) is 47.5 Å². The minimum Gasteiger partial charge on any atom is -0.480 e. The highest BCUT2D eigenvalue weighted by atomic mass is 16.4. The van der Waals surface area contributed by atoms with Crippen LogP contribution in [-0.2, 0) is 11.2 Å². The molecular formula is C21H30N6O2. The Kier molecular flexibility index (Phi) is 6.81. The van der Waals surface area contributed by atoms with Crippen LogP contribution in [-0.4, -0.2) is 31.7 Å². The summed E-state index contributed by atoms with van der Waals surface area (Å²) >= 11 is 0. The number of carboxylic acid groups (broad SMARTS) is 1. The van der Waals surface area contributed by atoms with Gasteiger partial charge in [0.15, 0.2) is 0 Å². The van der Waals surface area contributed by atoms with Gasteiger partial charge >= 0.3 is 5.97 Å². The Morgan fingerprint density at radius 3 is 2.66 bits per heavy atom. The van der Waals surface area contributed by atoms with Gasteiger partial charge in [0, 0.05) is 29.9 Å². The number of nitrogens with one attached hydrogen (secondary N) is 1. The highest BCUT2D eigenvalue weighted by molar-refractivity contribution is 6.01. The molecule has 0 aliphatic carbocycles. The van der Waals surface area contributed by atoms with E-state index in [1.807, 2.05) is 24.4 Å². The average Bonchev–Trinajstić information content (AvgIpc) is 3.24. The van der Waals surface area contributed by atoms with E-state index in [-0.39, 0.29) is 12.2 Å². The van der Waals surface area contributed by atoms with Crippen LogP contribution in [0.1, 0.15) is 45.7 Å². The van der Waals surface area contributed by atoms with Crippen LogP contribution in [0.3, 0.4) is 0 Å². The molecule has 1 aliphatic heterocycles. The zero-order valence-electron chi connectivity index (χ0n) is 17.4. The maximum atomic E-state index is 11.2. The summed E-state index contributed by atoms with van der Waals surface area (Å²) in [5.41, 5.74) is 10.7. The lowest BCUT2D eigenvalue weighted by Gasteiger charge is -2.07. The number of hydrogen-bond acceptors (Lipinski definition) is 6. The molecule has 1 aliphatic rings. The maximum absolute atomic E-state index is 11.2. The van der Waals surface area contributed by atoms with Gasteiger partial charge in [0.1, 0.15) is 23.8 Å². The molecule has 7 N–H and O–H groups in total. The number of anilines is 2. The second-order valence-corrected chi connectivity index (χ2v) is 7.32. The number of aromatic nitrogens is 3. The number of aliphatic carboxylic acids is 1. The van der Waals surface area contributed by atoms with Crippen molar-refractivity contribution in [2.45, 2.75) is 52.6 Å². The minimum absolute atomic E-state index is 0. The lowest BCUT2D eigenvalue weighted by atomic mass is 10.0. The Morgan fingerprint density at radius 2 is 2.03 bits per heavy atom. The fourth-order valence-electron chi connectivity index (χ4n) is 3.40. The maximum Gasteiger partial charge on any atom is 0.326 e. The van der Waals surface area contributed by atoms with Crippen molar-refractivity contribution < 1.29 is 9.90 Å². The van der Waals surface area contributed by atoms with Crippen molar-refractivity contribution in [1.29, 1.82) is 0 Å². The number of carbonyl (C=O) groups is 1. The van der Waals surface area contributed by atoms with Crippen molar-refractivity contribution in [3.8, 4) is 11.1 Å². The third-order valence-electron chi connectivity index (χ3n) is 4.66. The lowest BCUT2D eigenvalue weighted by Crippen LogP contribution is -2.26. The molecule has 4 rings (SSSR count). The summed E-state index contributed by atoms with van der Waals surface area (Å²) < 4.78 is 2.08. The molecule has 0 amide bonds. The van der Waals surface area contributed by atoms with E-state index in [9.17, 15) is 9.90 Å². The summed E-state index contributed by atoms with van der Waals surface area (Å²) in [6.45, 7) is 8.43. The summed E-state index contributed by atoms with van der Waals surface area (Å²) in [4.78, 5) is 19.8. The van der Waals surface area contributed by atoms with Crippen LogP contribution < -0.4 is 17.2 Å².